The average Bonchev–Trinajstić information content (AvgIpc) is 3.02. The number of benzene rings is 4. The molecule has 214 valence electrons. The number of piperidine rings is 3. The highest BCUT2D eigenvalue weighted by atomic mass is 16.5. The van der Waals surface area contributed by atoms with Crippen LogP contribution in [0.1, 0.15) is 34.9 Å². The van der Waals surface area contributed by atoms with Crippen molar-refractivity contribution in [3.8, 4) is 11.5 Å². The Bertz CT molecular complexity index is 1800. The van der Waals surface area contributed by atoms with E-state index >= 15 is 0 Å². The highest BCUT2D eigenvalue weighted by Crippen LogP contribution is 2.42. The van der Waals surface area contributed by atoms with Gasteiger partial charge in [-0.25, -0.2) is 4.79 Å². The van der Waals surface area contributed by atoms with Crippen LogP contribution in [0.5, 0.6) is 11.5 Å². The van der Waals surface area contributed by atoms with Gasteiger partial charge in [0.05, 0.1) is 18.7 Å². The largest absolute Gasteiger partial charge is 0.507 e. The maximum absolute atomic E-state index is 11.2. The van der Waals surface area contributed by atoms with Gasteiger partial charge in [-0.3, -0.25) is 9.88 Å². The van der Waals surface area contributed by atoms with E-state index in [0.29, 0.717) is 11.8 Å². The molecule has 2 unspecified atom stereocenters. The van der Waals surface area contributed by atoms with Crippen molar-refractivity contribution < 1.29 is 24.9 Å². The Morgan fingerprint density at radius 3 is 2.43 bits per heavy atom. The molecule has 0 radical (unpaired) electrons. The van der Waals surface area contributed by atoms with Crippen molar-refractivity contribution in [3.05, 3.63) is 103 Å². The van der Waals surface area contributed by atoms with Crippen LogP contribution < -0.4 is 4.74 Å². The van der Waals surface area contributed by atoms with Crippen LogP contribution in [0.4, 0.5) is 0 Å². The highest BCUT2D eigenvalue weighted by Gasteiger charge is 2.42. The Balaban J connectivity index is 0.000000157. The third-order valence-corrected chi connectivity index (χ3v) is 8.87. The molecule has 3 saturated heterocycles. The van der Waals surface area contributed by atoms with E-state index in [2.05, 4.69) is 22.5 Å². The summed E-state index contributed by atoms with van der Waals surface area (Å²) in [4.78, 5) is 17.8. The third-order valence-electron chi connectivity index (χ3n) is 8.87. The van der Waals surface area contributed by atoms with Crippen LogP contribution in [0.15, 0.2) is 91.6 Å². The predicted octanol–water partition coefficient (Wildman–Crippen LogP) is 6.57. The van der Waals surface area contributed by atoms with E-state index in [-0.39, 0.29) is 17.4 Å². The summed E-state index contributed by atoms with van der Waals surface area (Å²) < 4.78 is 5.35. The molecular weight excluding hydrogens is 528 g/mol. The lowest BCUT2D eigenvalue weighted by Crippen LogP contribution is -2.54. The van der Waals surface area contributed by atoms with Crippen LogP contribution in [-0.4, -0.2) is 57.4 Å². The van der Waals surface area contributed by atoms with Crippen LogP contribution >= 0.6 is 0 Å². The number of methoxy groups -OCH3 is 1. The lowest BCUT2D eigenvalue weighted by molar-refractivity contribution is -0.0444. The number of carbonyl (C=O) groups is 1. The number of hydrogen-bond donors (Lipinski definition) is 3. The van der Waals surface area contributed by atoms with Gasteiger partial charge in [-0.15, -0.1) is 6.58 Å². The molecule has 5 aromatic rings. The van der Waals surface area contributed by atoms with Gasteiger partial charge in [0, 0.05) is 24.2 Å². The van der Waals surface area contributed by atoms with Gasteiger partial charge >= 0.3 is 5.97 Å². The molecule has 1 aromatic heterocycles. The number of aliphatic hydroxyl groups excluding tert-OH is 1. The standard InChI is InChI=1S/C20H24N2O2.C15H10O3/c1-3-13-12-22-9-7-14(13)10-19(22)20(23)16-6-8-21-18-5-4-15(24-2)11-17(16)18;16-14-8-12-6-10-4-2-1-3-9(10)5-11(12)7-13(14)15(17)18/h3-6,8,11,13-14,19-20,23H,1,7,9-10,12H2,2H3;1-8,16H,(H,17,18)/t13-,14?,19+,20+;/m1./s1. The Labute approximate surface area is 244 Å². The number of aromatic carboxylic acids is 1. The quantitative estimate of drug-likeness (QED) is 0.164. The van der Waals surface area contributed by atoms with Crippen LogP contribution in [0.3, 0.4) is 0 Å². The van der Waals surface area contributed by atoms with Gasteiger partial charge in [-0.2, -0.15) is 0 Å². The number of ether oxygens (including phenoxy) is 1. The average molecular weight is 563 g/mol. The lowest BCUT2D eigenvalue weighted by atomic mass is 9.73. The minimum Gasteiger partial charge on any atom is -0.507 e. The molecule has 7 heteroatoms. The van der Waals surface area contributed by atoms with Crippen LogP contribution in [0.25, 0.3) is 32.4 Å². The van der Waals surface area contributed by atoms with E-state index in [1.54, 1.807) is 13.3 Å². The monoisotopic (exact) mass is 562 g/mol. The molecule has 0 spiro atoms. The number of hydrogen-bond acceptors (Lipinski definition) is 6. The molecule has 2 bridgehead atoms. The maximum Gasteiger partial charge on any atom is 0.339 e. The van der Waals surface area contributed by atoms with Gasteiger partial charge < -0.3 is 20.1 Å². The number of pyridine rings is 1. The van der Waals surface area contributed by atoms with Crippen molar-refractivity contribution in [2.45, 2.75) is 25.0 Å². The van der Waals surface area contributed by atoms with E-state index in [4.69, 9.17) is 9.84 Å². The molecule has 3 fully saturated rings. The summed E-state index contributed by atoms with van der Waals surface area (Å²) in [7, 11) is 1.66. The third kappa shape index (κ3) is 5.17. The number of aliphatic hydroxyl groups is 1. The zero-order valence-corrected chi connectivity index (χ0v) is 23.5. The highest BCUT2D eigenvalue weighted by molar-refractivity contribution is 6.03. The zero-order valence-electron chi connectivity index (χ0n) is 23.5. The second-order valence-corrected chi connectivity index (χ2v) is 11.2. The Hall–Kier alpha value is -4.46. The number of fused-ring (bicyclic) bond motifs is 6. The lowest BCUT2D eigenvalue weighted by Gasteiger charge is -2.50. The van der Waals surface area contributed by atoms with E-state index in [0.717, 1.165) is 63.3 Å². The van der Waals surface area contributed by atoms with E-state index < -0.39 is 12.1 Å². The van der Waals surface area contributed by atoms with Crippen LogP contribution in [-0.2, 0) is 0 Å². The molecule has 8 rings (SSSR count). The van der Waals surface area contributed by atoms with Crippen molar-refractivity contribution in [1.82, 2.24) is 9.88 Å². The van der Waals surface area contributed by atoms with Crippen LogP contribution in [0.2, 0.25) is 0 Å². The summed E-state index contributed by atoms with van der Waals surface area (Å²) >= 11 is 0. The van der Waals surface area contributed by atoms with E-state index in [1.165, 1.54) is 18.6 Å². The Morgan fingerprint density at radius 1 is 1.05 bits per heavy atom. The summed E-state index contributed by atoms with van der Waals surface area (Å²) in [5.74, 6) is 0.681. The number of carboxylic acid groups (broad SMARTS) is 1. The van der Waals surface area contributed by atoms with Gasteiger partial charge in [0.25, 0.3) is 0 Å². The van der Waals surface area contributed by atoms with Crippen molar-refractivity contribution in [2.24, 2.45) is 11.8 Å². The van der Waals surface area contributed by atoms with Gasteiger partial charge in [-0.05, 0) is 107 Å². The SMILES string of the molecule is C=C[C@@H]1CN2CCC1C[C@H]2[C@@H](O)c1ccnc2ccc(OC)cc12.O=C(O)c1cc2cc3ccccc3cc2cc1O. The second kappa shape index (κ2) is 11.4. The fourth-order valence-corrected chi connectivity index (χ4v) is 6.60. The number of aromatic hydroxyl groups is 1. The minimum atomic E-state index is -1.12. The smallest absolute Gasteiger partial charge is 0.339 e. The molecule has 0 saturated carbocycles. The summed E-state index contributed by atoms with van der Waals surface area (Å²) in [6.45, 7) is 6.07. The summed E-state index contributed by atoms with van der Waals surface area (Å²) in [6, 6.07) is 22.7. The van der Waals surface area contributed by atoms with Gasteiger partial charge in [-0.1, -0.05) is 30.3 Å². The minimum absolute atomic E-state index is 0.0715. The number of rotatable bonds is 5. The second-order valence-electron chi connectivity index (χ2n) is 11.2. The molecular formula is C35H34N2O5. The molecule has 3 N–H and O–H groups in total. The fourth-order valence-electron chi connectivity index (χ4n) is 6.60. The van der Waals surface area contributed by atoms with Crippen molar-refractivity contribution >= 4 is 38.4 Å². The number of aromatic nitrogens is 1. The van der Waals surface area contributed by atoms with Gasteiger partial charge in [0.2, 0.25) is 0 Å². The van der Waals surface area contributed by atoms with Crippen molar-refractivity contribution in [1.29, 1.82) is 0 Å². The first-order valence-corrected chi connectivity index (χ1v) is 14.2. The molecule has 5 atom stereocenters. The first kappa shape index (κ1) is 27.7. The van der Waals surface area contributed by atoms with Crippen molar-refractivity contribution in [2.75, 3.05) is 20.2 Å². The van der Waals surface area contributed by atoms with Gasteiger partial charge in [0.1, 0.15) is 17.1 Å². The van der Waals surface area contributed by atoms with E-state index in [9.17, 15) is 15.0 Å². The zero-order chi connectivity index (χ0) is 29.4. The molecule has 4 aromatic carbocycles. The molecule has 4 heterocycles. The molecule has 0 amide bonds. The summed E-state index contributed by atoms with van der Waals surface area (Å²) in [5.41, 5.74) is 1.77. The molecule has 3 aliphatic rings. The van der Waals surface area contributed by atoms with Gasteiger partial charge in [0.15, 0.2) is 0 Å². The molecule has 42 heavy (non-hydrogen) atoms. The topological polar surface area (TPSA) is 103 Å². The summed E-state index contributed by atoms with van der Waals surface area (Å²) in [6.07, 6.45) is 5.62. The predicted molar refractivity (Wildman–Crippen MR) is 165 cm³/mol. The summed E-state index contributed by atoms with van der Waals surface area (Å²) in [5, 5.41) is 34.5. The Kier molecular flexibility index (Phi) is 7.54. The van der Waals surface area contributed by atoms with E-state index in [1.807, 2.05) is 60.7 Å². The van der Waals surface area contributed by atoms with Crippen LogP contribution in [0, 0.1) is 11.8 Å². The molecule has 3 aliphatic heterocycles. The number of nitrogens with zero attached hydrogens (tertiary/aromatic N) is 2. The molecule has 7 nitrogen and oxygen atoms in total. The fraction of sp³-hybridized carbons (Fsp3) is 0.257. The maximum atomic E-state index is 11.2. The first-order valence-electron chi connectivity index (χ1n) is 14.2. The number of phenols is 1. The number of carboxylic acids is 1. The Morgan fingerprint density at radius 2 is 1.79 bits per heavy atom. The normalized spacial score (nSPS) is 22.0. The van der Waals surface area contributed by atoms with Crippen molar-refractivity contribution in [3.63, 3.8) is 0 Å². The first-order chi connectivity index (χ1) is 20.4. The molecule has 0 aliphatic carbocycles.